The average Bonchev–Trinajstić information content (AvgIpc) is 3.27. The van der Waals surface area contributed by atoms with Crippen molar-refractivity contribution < 1.29 is 9.90 Å². The molecule has 0 aliphatic heterocycles. The van der Waals surface area contributed by atoms with Crippen LogP contribution < -0.4 is 0 Å². The van der Waals surface area contributed by atoms with Gasteiger partial charge in [-0.3, -0.25) is 14.5 Å². The fourth-order valence-corrected chi connectivity index (χ4v) is 3.65. The number of nitrogens with one attached hydrogen (secondary N) is 1. The number of tetrazole rings is 1. The SMILES string of the molecule is CCCC(C(=O)O)[C@H](Cc1ccc(-c2c(C)nn(C)c2C)nc1)c1nnn[nH]1. The molecule has 0 radical (unpaired) electrons. The fourth-order valence-electron chi connectivity index (χ4n) is 3.65. The van der Waals surface area contributed by atoms with Crippen LogP contribution in [0, 0.1) is 19.8 Å². The van der Waals surface area contributed by atoms with Gasteiger partial charge in [-0.2, -0.15) is 5.10 Å². The van der Waals surface area contributed by atoms with Gasteiger partial charge in [0.1, 0.15) is 0 Å². The summed E-state index contributed by atoms with van der Waals surface area (Å²) in [4.78, 5) is 16.4. The molecule has 0 saturated heterocycles. The lowest BCUT2D eigenvalue weighted by Crippen LogP contribution is -2.25. The van der Waals surface area contributed by atoms with E-state index in [1.807, 2.05) is 44.6 Å². The number of rotatable bonds is 8. The molecule has 1 unspecified atom stereocenters. The summed E-state index contributed by atoms with van der Waals surface area (Å²) in [7, 11) is 1.91. The number of pyridine rings is 1. The summed E-state index contributed by atoms with van der Waals surface area (Å²) in [6, 6.07) is 3.94. The molecule has 3 heterocycles. The van der Waals surface area contributed by atoms with E-state index in [0.717, 1.165) is 34.6 Å². The van der Waals surface area contributed by atoms with Crippen LogP contribution in [-0.2, 0) is 18.3 Å². The van der Waals surface area contributed by atoms with Gasteiger partial charge >= 0.3 is 5.97 Å². The number of carbonyl (C=O) groups is 1. The van der Waals surface area contributed by atoms with Gasteiger partial charge in [-0.25, -0.2) is 5.10 Å². The van der Waals surface area contributed by atoms with Crippen molar-refractivity contribution >= 4 is 5.97 Å². The summed E-state index contributed by atoms with van der Waals surface area (Å²) in [5.41, 5.74) is 4.80. The molecule has 0 saturated carbocycles. The molecule has 148 valence electrons. The predicted octanol–water partition coefficient (Wildman–Crippen LogP) is 2.44. The van der Waals surface area contributed by atoms with Crippen molar-refractivity contribution in [1.82, 2.24) is 35.4 Å². The summed E-state index contributed by atoms with van der Waals surface area (Å²) in [6.45, 7) is 5.95. The van der Waals surface area contributed by atoms with E-state index in [9.17, 15) is 9.90 Å². The standard InChI is InChI=1S/C19H25N7O2/c1-5-6-14(19(27)28)15(18-21-24-25-22-18)9-13-7-8-16(20-10-13)17-11(2)23-26(4)12(17)3/h7-8,10,14-15H,5-6,9H2,1-4H3,(H,27,28)(H,21,22,24,25)/t14?,15-/m0/s1. The Morgan fingerprint density at radius 3 is 2.61 bits per heavy atom. The number of nitrogens with zero attached hydrogens (tertiary/aromatic N) is 6. The molecule has 0 amide bonds. The summed E-state index contributed by atoms with van der Waals surface area (Å²) in [5, 5.41) is 28.1. The molecule has 0 spiro atoms. The maximum Gasteiger partial charge on any atom is 0.307 e. The highest BCUT2D eigenvalue weighted by atomic mass is 16.4. The van der Waals surface area contributed by atoms with Gasteiger partial charge in [0.15, 0.2) is 5.82 Å². The highest BCUT2D eigenvalue weighted by Gasteiger charge is 2.31. The van der Waals surface area contributed by atoms with Gasteiger partial charge in [0.05, 0.1) is 17.3 Å². The molecular weight excluding hydrogens is 358 g/mol. The number of carboxylic acids is 1. The summed E-state index contributed by atoms with van der Waals surface area (Å²) in [5.74, 6) is -1.26. The molecule has 28 heavy (non-hydrogen) atoms. The third kappa shape index (κ3) is 3.92. The molecule has 0 aliphatic carbocycles. The van der Waals surface area contributed by atoms with E-state index in [4.69, 9.17) is 0 Å². The third-order valence-electron chi connectivity index (χ3n) is 5.16. The van der Waals surface area contributed by atoms with Gasteiger partial charge < -0.3 is 5.11 Å². The molecule has 0 fully saturated rings. The molecule has 3 rings (SSSR count). The number of hydrogen-bond acceptors (Lipinski definition) is 6. The Hall–Kier alpha value is -3.10. The number of carboxylic acid groups (broad SMARTS) is 1. The Labute approximate surface area is 163 Å². The van der Waals surface area contributed by atoms with Gasteiger partial charge in [0.25, 0.3) is 0 Å². The Kier molecular flexibility index (Phi) is 5.81. The first kappa shape index (κ1) is 19.7. The molecule has 2 atom stereocenters. The second-order valence-electron chi connectivity index (χ2n) is 7.05. The van der Waals surface area contributed by atoms with Crippen molar-refractivity contribution in [2.45, 2.75) is 46.0 Å². The molecular formula is C19H25N7O2. The van der Waals surface area contributed by atoms with Gasteiger partial charge in [0, 0.05) is 30.4 Å². The van der Waals surface area contributed by atoms with Gasteiger partial charge in [-0.1, -0.05) is 19.4 Å². The van der Waals surface area contributed by atoms with Crippen LogP contribution in [0.5, 0.6) is 0 Å². The molecule has 3 aromatic heterocycles. The Balaban J connectivity index is 1.88. The zero-order valence-electron chi connectivity index (χ0n) is 16.5. The molecule has 0 aromatic carbocycles. The van der Waals surface area contributed by atoms with E-state index in [1.54, 1.807) is 6.20 Å². The molecule has 2 N–H and O–H groups in total. The monoisotopic (exact) mass is 383 g/mol. The van der Waals surface area contributed by atoms with Crippen LogP contribution in [0.15, 0.2) is 18.3 Å². The molecule has 0 aliphatic rings. The van der Waals surface area contributed by atoms with Crippen molar-refractivity contribution in [3.63, 3.8) is 0 Å². The van der Waals surface area contributed by atoms with E-state index in [-0.39, 0.29) is 5.92 Å². The van der Waals surface area contributed by atoms with E-state index >= 15 is 0 Å². The highest BCUT2D eigenvalue weighted by molar-refractivity contribution is 5.71. The molecule has 0 bridgehead atoms. The van der Waals surface area contributed by atoms with Crippen LogP contribution in [0.25, 0.3) is 11.3 Å². The minimum Gasteiger partial charge on any atom is -0.481 e. The fraction of sp³-hybridized carbons (Fsp3) is 0.474. The van der Waals surface area contributed by atoms with Crippen LogP contribution in [0.2, 0.25) is 0 Å². The first-order valence-corrected chi connectivity index (χ1v) is 9.34. The highest BCUT2D eigenvalue weighted by Crippen LogP contribution is 2.31. The zero-order valence-corrected chi connectivity index (χ0v) is 16.5. The number of aromatic amines is 1. The van der Waals surface area contributed by atoms with Crippen molar-refractivity contribution in [3.05, 3.63) is 41.1 Å². The zero-order chi connectivity index (χ0) is 20.3. The first-order valence-electron chi connectivity index (χ1n) is 9.34. The van der Waals surface area contributed by atoms with Crippen molar-refractivity contribution in [3.8, 4) is 11.3 Å². The van der Waals surface area contributed by atoms with Gasteiger partial charge in [-0.15, -0.1) is 5.10 Å². The van der Waals surface area contributed by atoms with E-state index in [2.05, 4.69) is 30.7 Å². The van der Waals surface area contributed by atoms with E-state index in [0.29, 0.717) is 18.7 Å². The first-order chi connectivity index (χ1) is 13.4. The third-order valence-corrected chi connectivity index (χ3v) is 5.16. The van der Waals surface area contributed by atoms with Crippen LogP contribution in [0.3, 0.4) is 0 Å². The van der Waals surface area contributed by atoms with Crippen LogP contribution in [-0.4, -0.2) is 46.5 Å². The molecule has 9 nitrogen and oxygen atoms in total. The number of aryl methyl sites for hydroxylation is 2. The van der Waals surface area contributed by atoms with Crippen LogP contribution in [0.1, 0.15) is 48.5 Å². The topological polar surface area (TPSA) is 122 Å². The largest absolute Gasteiger partial charge is 0.481 e. The van der Waals surface area contributed by atoms with Crippen LogP contribution >= 0.6 is 0 Å². The summed E-state index contributed by atoms with van der Waals surface area (Å²) >= 11 is 0. The number of hydrogen-bond donors (Lipinski definition) is 2. The van der Waals surface area contributed by atoms with Gasteiger partial charge in [-0.05, 0) is 48.7 Å². The lowest BCUT2D eigenvalue weighted by atomic mass is 9.83. The lowest BCUT2D eigenvalue weighted by Gasteiger charge is -2.21. The predicted molar refractivity (Wildman–Crippen MR) is 103 cm³/mol. The van der Waals surface area contributed by atoms with Crippen molar-refractivity contribution in [1.29, 1.82) is 0 Å². The smallest absolute Gasteiger partial charge is 0.307 e. The maximum absolute atomic E-state index is 11.8. The normalized spacial score (nSPS) is 13.4. The number of aliphatic carboxylic acids is 1. The minimum absolute atomic E-state index is 0.345. The lowest BCUT2D eigenvalue weighted by molar-refractivity contribution is -0.142. The van der Waals surface area contributed by atoms with E-state index in [1.165, 1.54) is 0 Å². The Bertz CT molecular complexity index is 932. The van der Waals surface area contributed by atoms with Crippen LogP contribution in [0.4, 0.5) is 0 Å². The Morgan fingerprint density at radius 1 is 1.32 bits per heavy atom. The van der Waals surface area contributed by atoms with Crippen molar-refractivity contribution in [2.24, 2.45) is 13.0 Å². The Morgan fingerprint density at radius 2 is 2.11 bits per heavy atom. The second-order valence-corrected chi connectivity index (χ2v) is 7.05. The van der Waals surface area contributed by atoms with Crippen molar-refractivity contribution in [2.75, 3.05) is 0 Å². The number of aromatic nitrogens is 7. The quantitative estimate of drug-likeness (QED) is 0.612. The molecule has 3 aromatic rings. The average molecular weight is 383 g/mol. The number of H-pyrrole nitrogens is 1. The summed E-state index contributed by atoms with van der Waals surface area (Å²) < 4.78 is 1.84. The summed E-state index contributed by atoms with van der Waals surface area (Å²) in [6.07, 6.45) is 3.61. The second kappa shape index (κ2) is 8.28. The maximum atomic E-state index is 11.8. The van der Waals surface area contributed by atoms with E-state index < -0.39 is 11.9 Å². The molecule has 9 heteroatoms. The van der Waals surface area contributed by atoms with Gasteiger partial charge in [0.2, 0.25) is 0 Å². The minimum atomic E-state index is -0.838.